The maximum absolute atomic E-state index is 13.4. The number of hydrogen-bond donors (Lipinski definition) is 5. The number of carbonyl (C=O) groups excluding carboxylic acids is 1. The van der Waals surface area contributed by atoms with Crippen LogP contribution in [0.5, 0.6) is 0 Å². The number of carboxylic acid groups (broad SMARTS) is 1. The second-order valence-electron chi connectivity index (χ2n) is 8.89. The number of carboxylic acids is 1. The third-order valence-electron chi connectivity index (χ3n) is 6.11. The molecular formula is C27H32BrN2O6P. The van der Waals surface area contributed by atoms with Crippen LogP contribution in [0.25, 0.3) is 11.1 Å². The molecule has 2 unspecified atom stereocenters. The van der Waals surface area contributed by atoms with Crippen molar-refractivity contribution in [1.82, 2.24) is 5.32 Å². The summed E-state index contributed by atoms with van der Waals surface area (Å²) in [7, 11) is -3.98. The van der Waals surface area contributed by atoms with Crippen molar-refractivity contribution in [2.24, 2.45) is 5.92 Å². The van der Waals surface area contributed by atoms with E-state index in [1.165, 1.54) is 6.92 Å². The average molecular weight is 591 g/mol. The van der Waals surface area contributed by atoms with E-state index < -0.39 is 49.3 Å². The van der Waals surface area contributed by atoms with E-state index in [-0.39, 0.29) is 23.4 Å². The summed E-state index contributed by atoms with van der Waals surface area (Å²) in [5.41, 5.74) is 7.21. The van der Waals surface area contributed by atoms with E-state index >= 15 is 0 Å². The van der Waals surface area contributed by atoms with Gasteiger partial charge in [0.2, 0.25) is 5.91 Å². The predicted molar refractivity (Wildman–Crippen MR) is 137 cm³/mol. The van der Waals surface area contributed by atoms with Crippen LogP contribution in [0.3, 0.4) is 0 Å². The van der Waals surface area contributed by atoms with Crippen molar-refractivity contribution in [1.29, 1.82) is 0 Å². The van der Waals surface area contributed by atoms with Gasteiger partial charge in [-0.2, -0.15) is 0 Å². The van der Waals surface area contributed by atoms with Gasteiger partial charge in [-0.15, -0.1) is 0 Å². The van der Waals surface area contributed by atoms with Crippen LogP contribution in [-0.2, 0) is 20.6 Å². The zero-order valence-electron chi connectivity index (χ0n) is 20.4. The van der Waals surface area contributed by atoms with E-state index in [1.54, 1.807) is 30.3 Å². The number of aliphatic hydroxyl groups excluding tert-OH is 1. The van der Waals surface area contributed by atoms with E-state index in [4.69, 9.17) is 0 Å². The molecule has 0 aliphatic heterocycles. The van der Waals surface area contributed by atoms with Gasteiger partial charge >= 0.3 is 5.97 Å². The molecule has 0 spiro atoms. The number of hydrogen-bond acceptors (Lipinski definition) is 4. The second-order valence-corrected chi connectivity index (χ2v) is 11.4. The minimum absolute atomic E-state index is 0. The summed E-state index contributed by atoms with van der Waals surface area (Å²) in [4.78, 5) is 35.6. The van der Waals surface area contributed by atoms with Crippen molar-refractivity contribution >= 4 is 19.2 Å². The number of carbonyl (C=O) groups is 2. The molecule has 0 radical (unpaired) electrons. The molecule has 0 aliphatic rings. The summed E-state index contributed by atoms with van der Waals surface area (Å²) in [5, 5.41) is 21.5. The number of benzene rings is 3. The number of amides is 1. The maximum Gasteiger partial charge on any atom is 0.328 e. The normalized spacial score (nSPS) is 15.8. The van der Waals surface area contributed by atoms with Crippen LogP contribution < -0.4 is 28.0 Å². The lowest BCUT2D eigenvalue weighted by molar-refractivity contribution is -0.397. The summed E-state index contributed by atoms with van der Waals surface area (Å²) in [5.74, 6) is -4.08. The Labute approximate surface area is 226 Å². The molecule has 8 nitrogen and oxygen atoms in total. The molecule has 1 amide bonds. The van der Waals surface area contributed by atoms with Crippen molar-refractivity contribution in [3.05, 3.63) is 96.1 Å². The summed E-state index contributed by atoms with van der Waals surface area (Å²) in [6.45, 7) is 1.26. The molecule has 10 heteroatoms. The minimum atomic E-state index is -3.98. The molecule has 0 bridgehead atoms. The Bertz CT molecular complexity index is 1210. The smallest absolute Gasteiger partial charge is 0.328 e. The third-order valence-corrected chi connectivity index (χ3v) is 8.35. The van der Waals surface area contributed by atoms with E-state index in [0.29, 0.717) is 5.56 Å². The van der Waals surface area contributed by atoms with Crippen LogP contribution in [-0.4, -0.2) is 45.3 Å². The number of quaternary nitrogens is 1. The van der Waals surface area contributed by atoms with Gasteiger partial charge in [0.25, 0.3) is 7.37 Å². The fourth-order valence-electron chi connectivity index (χ4n) is 4.00. The van der Waals surface area contributed by atoms with E-state index in [2.05, 4.69) is 11.1 Å². The van der Waals surface area contributed by atoms with Crippen molar-refractivity contribution in [3.8, 4) is 11.1 Å². The van der Waals surface area contributed by atoms with Gasteiger partial charge < -0.3 is 43.1 Å². The number of nitrogens with one attached hydrogen (secondary N) is 1. The molecule has 3 rings (SSSR count). The Balaban J connectivity index is 0.00000481. The molecule has 0 heterocycles. The van der Waals surface area contributed by atoms with Crippen LogP contribution in [0.1, 0.15) is 23.8 Å². The molecular weight excluding hydrogens is 559 g/mol. The van der Waals surface area contributed by atoms with Crippen LogP contribution in [0.2, 0.25) is 0 Å². The maximum atomic E-state index is 13.4. The van der Waals surface area contributed by atoms with Gasteiger partial charge in [0.1, 0.15) is 0 Å². The summed E-state index contributed by atoms with van der Waals surface area (Å²) >= 11 is 0. The number of aliphatic hydroxyl groups is 1. The molecule has 198 valence electrons. The zero-order valence-corrected chi connectivity index (χ0v) is 22.9. The van der Waals surface area contributed by atoms with Crippen molar-refractivity contribution < 1.29 is 52.0 Å². The van der Waals surface area contributed by atoms with E-state index in [1.807, 2.05) is 54.6 Å². The highest BCUT2D eigenvalue weighted by Crippen LogP contribution is 2.52. The first-order chi connectivity index (χ1) is 17.1. The van der Waals surface area contributed by atoms with Gasteiger partial charge in [0.15, 0.2) is 11.8 Å². The highest BCUT2D eigenvalue weighted by atomic mass is 79.9. The highest BCUT2D eigenvalue weighted by Gasteiger charge is 2.39. The van der Waals surface area contributed by atoms with Crippen LogP contribution in [0.15, 0.2) is 84.9 Å². The van der Waals surface area contributed by atoms with Crippen molar-refractivity contribution in [2.75, 3.05) is 6.16 Å². The molecule has 0 saturated heterocycles. The third kappa shape index (κ3) is 8.35. The van der Waals surface area contributed by atoms with E-state index in [0.717, 1.165) is 16.7 Å². The standard InChI is InChI=1S/C27H31N2O6P.BrH/c1-18(30)24(27(32)33)29-26(31)23(17-36(34,35)25(28)22-10-6-3-7-11-22)16-19-12-14-21(15-13-19)20-8-4-2-5-9-20;/h2-15,18,23-25,30H,16-17,28H2,1H3,(H,29,31)(H,32,33)(H,34,35);1H/t18?,23-,24+,25-;/m1./s1. The number of rotatable bonds is 11. The minimum Gasteiger partial charge on any atom is -1.00 e. The Kier molecular flexibility index (Phi) is 11.2. The molecule has 0 saturated carbocycles. The van der Waals surface area contributed by atoms with Crippen LogP contribution in [0, 0.1) is 5.92 Å². The van der Waals surface area contributed by atoms with Crippen molar-refractivity contribution in [3.63, 3.8) is 0 Å². The topological polar surface area (TPSA) is 152 Å². The Morgan fingerprint density at radius 1 is 0.919 bits per heavy atom. The number of halogens is 1. The second kappa shape index (κ2) is 13.7. The first-order valence-corrected chi connectivity index (χ1v) is 13.5. The lowest BCUT2D eigenvalue weighted by atomic mass is 9.97. The molecule has 37 heavy (non-hydrogen) atoms. The molecule has 7 N–H and O–H groups in total. The first kappa shape index (κ1) is 30.4. The van der Waals surface area contributed by atoms with Gasteiger partial charge in [-0.25, -0.2) is 4.79 Å². The van der Waals surface area contributed by atoms with Gasteiger partial charge in [-0.05, 0) is 30.0 Å². The van der Waals surface area contributed by atoms with E-state index in [9.17, 15) is 29.3 Å². The lowest BCUT2D eigenvalue weighted by Crippen LogP contribution is -3.00. The Morgan fingerprint density at radius 2 is 1.43 bits per heavy atom. The van der Waals surface area contributed by atoms with Gasteiger partial charge in [-0.3, -0.25) is 9.36 Å². The predicted octanol–water partition coefficient (Wildman–Crippen LogP) is -0.322. The Morgan fingerprint density at radius 3 is 1.95 bits per heavy atom. The SMILES string of the molecule is CC(O)[C@H](NC(=O)[C@H](Cc1ccc(-c2ccccc2)cc1)CP(=O)(O)[C@@H]([NH3+])c1ccccc1)C(=O)O.[Br-]. The van der Waals surface area contributed by atoms with Gasteiger partial charge in [0.05, 0.1) is 12.0 Å². The Hall–Kier alpha value is -2.81. The molecule has 0 aromatic heterocycles. The van der Waals surface area contributed by atoms with Gasteiger partial charge in [-0.1, -0.05) is 84.9 Å². The van der Waals surface area contributed by atoms with Gasteiger partial charge in [0, 0.05) is 11.7 Å². The largest absolute Gasteiger partial charge is 1.00 e. The molecule has 0 fully saturated rings. The summed E-state index contributed by atoms with van der Waals surface area (Å²) in [6.07, 6.45) is -1.63. The quantitative estimate of drug-likeness (QED) is 0.193. The first-order valence-electron chi connectivity index (χ1n) is 11.6. The monoisotopic (exact) mass is 590 g/mol. The fourth-order valence-corrected chi connectivity index (χ4v) is 5.82. The molecule has 3 aromatic rings. The number of aliphatic carboxylic acids is 1. The highest BCUT2D eigenvalue weighted by molar-refractivity contribution is 7.58. The summed E-state index contributed by atoms with van der Waals surface area (Å²) < 4.78 is 13.4. The summed E-state index contributed by atoms with van der Waals surface area (Å²) in [6, 6.07) is 24.4. The molecule has 5 atom stereocenters. The molecule has 0 aliphatic carbocycles. The van der Waals surface area contributed by atoms with Crippen LogP contribution >= 0.6 is 7.37 Å². The average Bonchev–Trinajstić information content (AvgIpc) is 2.87. The van der Waals surface area contributed by atoms with Crippen molar-refractivity contribution in [2.45, 2.75) is 31.3 Å². The fraction of sp³-hybridized carbons (Fsp3) is 0.259. The zero-order chi connectivity index (χ0) is 26.3. The molecule has 3 aromatic carbocycles. The van der Waals surface area contributed by atoms with Crippen LogP contribution in [0.4, 0.5) is 0 Å². The lowest BCUT2D eigenvalue weighted by Gasteiger charge is -2.25.